The summed E-state index contributed by atoms with van der Waals surface area (Å²) in [6.07, 6.45) is -11.1. The van der Waals surface area contributed by atoms with E-state index in [1.54, 1.807) is 4.90 Å². The van der Waals surface area contributed by atoms with Gasteiger partial charge < -0.3 is 45.2 Å². The molecule has 0 aromatic heterocycles. The molecule has 3 aliphatic heterocycles. The first kappa shape index (κ1) is 18.4. The number of ether oxygens (including phenoxy) is 2. The number of nitrogens with zero attached hydrogens (tertiary/aromatic N) is 1. The van der Waals surface area contributed by atoms with Crippen LogP contribution in [0, 0.1) is 0 Å². The van der Waals surface area contributed by atoms with E-state index in [-0.39, 0.29) is 6.54 Å². The van der Waals surface area contributed by atoms with Crippen molar-refractivity contribution in [1.29, 1.82) is 0 Å². The van der Waals surface area contributed by atoms with Crippen LogP contribution in [0.2, 0.25) is 0 Å². The highest BCUT2D eigenvalue weighted by molar-refractivity contribution is 5.03. The van der Waals surface area contributed by atoms with Crippen molar-refractivity contribution in [2.45, 2.75) is 67.6 Å². The summed E-state index contributed by atoms with van der Waals surface area (Å²) in [7, 11) is 0. The molecule has 0 radical (unpaired) electrons. The highest BCUT2D eigenvalue weighted by atomic mass is 16.7. The summed E-state index contributed by atoms with van der Waals surface area (Å²) >= 11 is 0. The van der Waals surface area contributed by atoms with Crippen molar-refractivity contribution < 1.29 is 45.2 Å². The van der Waals surface area contributed by atoms with Gasteiger partial charge >= 0.3 is 0 Å². The Morgan fingerprint density at radius 1 is 0.917 bits per heavy atom. The molecule has 3 heterocycles. The third-order valence-electron chi connectivity index (χ3n) is 5.16. The number of hydrogen-bond donors (Lipinski definition) is 7. The summed E-state index contributed by atoms with van der Waals surface area (Å²) in [5, 5.41) is 69.2. The predicted octanol–water partition coefficient (Wildman–Crippen LogP) is -4.66. The molecule has 10 atom stereocenters. The van der Waals surface area contributed by atoms with E-state index < -0.39 is 67.8 Å². The van der Waals surface area contributed by atoms with Gasteiger partial charge in [-0.3, -0.25) is 4.90 Å². The van der Waals surface area contributed by atoms with Gasteiger partial charge in [0.25, 0.3) is 0 Å². The topological polar surface area (TPSA) is 163 Å². The lowest BCUT2D eigenvalue weighted by Crippen LogP contribution is -2.66. The monoisotopic (exact) mass is 351 g/mol. The van der Waals surface area contributed by atoms with E-state index in [2.05, 4.69) is 0 Å². The molecule has 0 bridgehead atoms. The fourth-order valence-corrected chi connectivity index (χ4v) is 3.77. The third-order valence-corrected chi connectivity index (χ3v) is 5.16. The number of aliphatic hydroxyl groups is 7. The molecule has 7 N–H and O–H groups in total. The maximum atomic E-state index is 10.2. The summed E-state index contributed by atoms with van der Waals surface area (Å²) in [5.41, 5.74) is 0. The predicted molar refractivity (Wildman–Crippen MR) is 76.6 cm³/mol. The molecule has 0 saturated carbocycles. The maximum Gasteiger partial charge on any atom is 0.187 e. The van der Waals surface area contributed by atoms with E-state index in [9.17, 15) is 35.7 Å². The summed E-state index contributed by atoms with van der Waals surface area (Å²) < 4.78 is 10.9. The second-order valence-electron chi connectivity index (χ2n) is 6.70. The molecule has 10 heteroatoms. The third kappa shape index (κ3) is 3.07. The van der Waals surface area contributed by atoms with Gasteiger partial charge in [-0.15, -0.1) is 0 Å². The molecule has 0 aromatic carbocycles. The molecular formula is C14H25NO9. The van der Waals surface area contributed by atoms with E-state index in [1.165, 1.54) is 0 Å². The van der Waals surface area contributed by atoms with Gasteiger partial charge in [0.15, 0.2) is 6.29 Å². The van der Waals surface area contributed by atoms with Gasteiger partial charge in [-0.05, 0) is 6.42 Å². The number of piperidine rings is 1. The van der Waals surface area contributed by atoms with Gasteiger partial charge in [0.05, 0.1) is 24.9 Å². The Balaban J connectivity index is 1.77. The van der Waals surface area contributed by atoms with Crippen molar-refractivity contribution in [1.82, 2.24) is 4.90 Å². The van der Waals surface area contributed by atoms with Crippen molar-refractivity contribution in [3.8, 4) is 0 Å². The first-order chi connectivity index (χ1) is 11.3. The van der Waals surface area contributed by atoms with Gasteiger partial charge in [0.1, 0.15) is 36.6 Å². The molecule has 10 nitrogen and oxygen atoms in total. The van der Waals surface area contributed by atoms with Crippen LogP contribution in [0.5, 0.6) is 0 Å². The number of fused-ring (bicyclic) bond motifs is 1. The van der Waals surface area contributed by atoms with E-state index in [1.807, 2.05) is 0 Å². The van der Waals surface area contributed by atoms with E-state index >= 15 is 0 Å². The molecule has 3 fully saturated rings. The van der Waals surface area contributed by atoms with Crippen LogP contribution < -0.4 is 0 Å². The molecule has 24 heavy (non-hydrogen) atoms. The Bertz CT molecular complexity index is 438. The lowest BCUT2D eigenvalue weighted by molar-refractivity contribution is -0.328. The van der Waals surface area contributed by atoms with Crippen molar-refractivity contribution in [2.24, 2.45) is 0 Å². The molecule has 0 aliphatic carbocycles. The highest BCUT2D eigenvalue weighted by Crippen LogP contribution is 2.33. The molecule has 3 aliphatic rings. The largest absolute Gasteiger partial charge is 0.394 e. The molecule has 3 saturated heterocycles. The molecule has 140 valence electrons. The molecular weight excluding hydrogens is 326 g/mol. The van der Waals surface area contributed by atoms with Crippen LogP contribution in [-0.2, 0) is 9.47 Å². The summed E-state index contributed by atoms with van der Waals surface area (Å²) in [5.74, 6) is 0. The van der Waals surface area contributed by atoms with E-state index in [4.69, 9.17) is 9.47 Å². The lowest BCUT2D eigenvalue weighted by Gasteiger charge is -2.47. The zero-order valence-electron chi connectivity index (χ0n) is 13.0. The quantitative estimate of drug-likeness (QED) is 0.263. The molecule has 0 amide bonds. The first-order valence-electron chi connectivity index (χ1n) is 8.09. The van der Waals surface area contributed by atoms with Crippen molar-refractivity contribution in [3.63, 3.8) is 0 Å². The Morgan fingerprint density at radius 2 is 1.62 bits per heavy atom. The lowest BCUT2D eigenvalue weighted by atomic mass is 9.92. The van der Waals surface area contributed by atoms with Crippen LogP contribution in [-0.4, -0.2) is 122 Å². The zero-order valence-corrected chi connectivity index (χ0v) is 13.0. The fraction of sp³-hybridized carbons (Fsp3) is 1.00. The number of rotatable bonds is 3. The molecule has 0 aromatic rings. The summed E-state index contributed by atoms with van der Waals surface area (Å²) in [6, 6.07) is -0.587. The Labute approximate surface area is 138 Å². The van der Waals surface area contributed by atoms with Gasteiger partial charge in [0.2, 0.25) is 0 Å². The van der Waals surface area contributed by atoms with Gasteiger partial charge in [-0.25, -0.2) is 0 Å². The minimum absolute atomic E-state index is 0.192. The normalized spacial score (nSPS) is 53.1. The van der Waals surface area contributed by atoms with Crippen LogP contribution in [0.4, 0.5) is 0 Å². The second kappa shape index (κ2) is 7.08. The van der Waals surface area contributed by atoms with Gasteiger partial charge in [-0.2, -0.15) is 0 Å². The van der Waals surface area contributed by atoms with Crippen LogP contribution in [0.25, 0.3) is 0 Å². The number of aliphatic hydroxyl groups excluding tert-OH is 7. The molecule has 0 spiro atoms. The second-order valence-corrected chi connectivity index (χ2v) is 6.70. The van der Waals surface area contributed by atoms with Crippen molar-refractivity contribution in [2.75, 3.05) is 19.7 Å². The standard InChI is InChI=1S/C14H25NO9/c16-4-7-10(20)11(21)12(22)14(23-7)24-13-8-5(17)1-2-15(8)3-6(18)9(13)19/h5-14,16-22H,1-4H2/t5-,6-,7+,8+,9+,10-,11-,12+,13+,14-/m0/s1. The smallest absolute Gasteiger partial charge is 0.187 e. The SMILES string of the molecule is OC[C@H]1O[C@@H](O[C@H]2[C@H](O)[C@@H](O)CN3CC[C@H](O)[C@H]23)[C@H](O)[C@@H](O)[C@H]1O. The summed E-state index contributed by atoms with van der Waals surface area (Å²) in [6.45, 7) is 0.125. The van der Waals surface area contributed by atoms with E-state index in [0.29, 0.717) is 13.0 Å². The molecule has 0 unspecified atom stereocenters. The highest BCUT2D eigenvalue weighted by Gasteiger charge is 2.52. The fourth-order valence-electron chi connectivity index (χ4n) is 3.77. The Morgan fingerprint density at radius 3 is 2.29 bits per heavy atom. The van der Waals surface area contributed by atoms with Crippen LogP contribution in [0.3, 0.4) is 0 Å². The van der Waals surface area contributed by atoms with Crippen LogP contribution in [0.15, 0.2) is 0 Å². The zero-order chi connectivity index (χ0) is 17.6. The van der Waals surface area contributed by atoms with Crippen molar-refractivity contribution >= 4 is 0 Å². The Hall–Kier alpha value is -0.400. The maximum absolute atomic E-state index is 10.2. The number of hydrogen-bond acceptors (Lipinski definition) is 10. The Kier molecular flexibility index (Phi) is 5.42. The minimum Gasteiger partial charge on any atom is -0.394 e. The van der Waals surface area contributed by atoms with Crippen molar-refractivity contribution in [3.05, 3.63) is 0 Å². The first-order valence-corrected chi connectivity index (χ1v) is 8.09. The van der Waals surface area contributed by atoms with Gasteiger partial charge in [-0.1, -0.05) is 0 Å². The van der Waals surface area contributed by atoms with Crippen LogP contribution >= 0.6 is 0 Å². The molecule has 3 rings (SSSR count). The van der Waals surface area contributed by atoms with E-state index in [0.717, 1.165) is 0 Å². The van der Waals surface area contributed by atoms with Gasteiger partial charge in [0, 0.05) is 13.1 Å². The average molecular weight is 351 g/mol. The minimum atomic E-state index is -1.61. The van der Waals surface area contributed by atoms with Crippen LogP contribution in [0.1, 0.15) is 6.42 Å². The summed E-state index contributed by atoms with van der Waals surface area (Å²) in [4.78, 5) is 1.79. The average Bonchev–Trinajstić information content (AvgIpc) is 2.92.